The Balaban J connectivity index is 1.28. The molecule has 0 unspecified atom stereocenters. The van der Waals surface area contributed by atoms with Crippen LogP contribution in [0.4, 0.5) is 0 Å². The molecule has 0 spiro atoms. The highest BCUT2D eigenvalue weighted by atomic mass is 16.2. The van der Waals surface area contributed by atoms with Gasteiger partial charge in [0.25, 0.3) is 11.8 Å². The summed E-state index contributed by atoms with van der Waals surface area (Å²) in [5.41, 5.74) is 9.95. The van der Waals surface area contributed by atoms with E-state index in [9.17, 15) is 9.59 Å². The van der Waals surface area contributed by atoms with Gasteiger partial charge in [-0.3, -0.25) is 9.59 Å². The van der Waals surface area contributed by atoms with Crippen LogP contribution in [-0.4, -0.2) is 27.6 Å². The molecule has 2 bridgehead atoms. The van der Waals surface area contributed by atoms with Gasteiger partial charge in [-0.15, -0.1) is 0 Å². The number of hydrazone groups is 1. The lowest BCUT2D eigenvalue weighted by Gasteiger charge is -2.45. The van der Waals surface area contributed by atoms with E-state index in [1.54, 1.807) is 6.21 Å². The first-order valence-electron chi connectivity index (χ1n) is 12.8. The quantitative estimate of drug-likeness (QED) is 0.279. The number of carbonyl (C=O) groups is 2. The van der Waals surface area contributed by atoms with Gasteiger partial charge >= 0.3 is 0 Å². The number of aryl methyl sites for hydroxylation is 2. The molecule has 3 aromatic carbocycles. The Morgan fingerprint density at radius 2 is 1.19 bits per heavy atom. The number of amides is 2. The summed E-state index contributed by atoms with van der Waals surface area (Å²) >= 11 is 0. The number of imide groups is 1. The van der Waals surface area contributed by atoms with Crippen molar-refractivity contribution in [3.8, 4) is 5.69 Å². The highest BCUT2D eigenvalue weighted by Gasteiger charge is 2.61. The molecule has 5 heteroatoms. The zero-order chi connectivity index (χ0) is 25.4. The lowest BCUT2D eigenvalue weighted by Crippen LogP contribution is -2.41. The smallest absolute Gasteiger partial charge is 0.254 e. The highest BCUT2D eigenvalue weighted by Crippen LogP contribution is 2.60. The van der Waals surface area contributed by atoms with E-state index in [0.717, 1.165) is 27.6 Å². The van der Waals surface area contributed by atoms with Gasteiger partial charge in [-0.05, 0) is 60.7 Å². The van der Waals surface area contributed by atoms with Crippen LogP contribution in [0.15, 0.2) is 84.0 Å². The van der Waals surface area contributed by atoms with Crippen LogP contribution in [0, 0.1) is 32.6 Å². The number of rotatable bonds is 3. The fourth-order valence-corrected chi connectivity index (χ4v) is 7.00. The van der Waals surface area contributed by atoms with Gasteiger partial charge in [0.05, 0.1) is 18.1 Å². The minimum Gasteiger partial charge on any atom is -0.318 e. The molecule has 0 saturated carbocycles. The second-order valence-electron chi connectivity index (χ2n) is 10.4. The van der Waals surface area contributed by atoms with Crippen LogP contribution in [0.5, 0.6) is 0 Å². The molecular formula is C32H27N3O2. The first-order valence-corrected chi connectivity index (χ1v) is 12.8. The van der Waals surface area contributed by atoms with Crippen molar-refractivity contribution in [3.05, 3.63) is 124 Å². The number of hydrogen-bond acceptors (Lipinski definition) is 3. The van der Waals surface area contributed by atoms with E-state index in [1.165, 1.54) is 27.8 Å². The molecule has 8 rings (SSSR count). The molecule has 0 N–H and O–H groups in total. The first-order chi connectivity index (χ1) is 18.0. The van der Waals surface area contributed by atoms with Crippen LogP contribution < -0.4 is 0 Å². The Labute approximate surface area is 216 Å². The summed E-state index contributed by atoms with van der Waals surface area (Å²) in [5.74, 6) is -1.47. The molecule has 1 aromatic heterocycles. The van der Waals surface area contributed by atoms with Crippen LogP contribution in [0.25, 0.3) is 5.69 Å². The maximum absolute atomic E-state index is 13.8. The molecule has 0 radical (unpaired) electrons. The zero-order valence-corrected chi connectivity index (χ0v) is 21.1. The summed E-state index contributed by atoms with van der Waals surface area (Å²) in [5, 5.41) is 5.68. The molecule has 182 valence electrons. The molecule has 2 heterocycles. The van der Waals surface area contributed by atoms with Crippen molar-refractivity contribution in [2.45, 2.75) is 32.6 Å². The van der Waals surface area contributed by atoms with Gasteiger partial charge in [-0.25, -0.2) is 0 Å². The number of hydrogen-bond donors (Lipinski definition) is 0. The minimum absolute atomic E-state index is 0.120. The summed E-state index contributed by atoms with van der Waals surface area (Å²) < 4.78 is 2.19. The zero-order valence-electron chi connectivity index (χ0n) is 21.1. The van der Waals surface area contributed by atoms with Gasteiger partial charge in [0.2, 0.25) is 0 Å². The van der Waals surface area contributed by atoms with Crippen molar-refractivity contribution < 1.29 is 9.59 Å². The Kier molecular flexibility index (Phi) is 4.68. The average Bonchev–Trinajstić information content (AvgIpc) is 3.34. The van der Waals surface area contributed by atoms with E-state index in [1.807, 2.05) is 43.3 Å². The van der Waals surface area contributed by atoms with Gasteiger partial charge in [-0.2, -0.15) is 10.1 Å². The monoisotopic (exact) mass is 485 g/mol. The molecule has 2 amide bonds. The summed E-state index contributed by atoms with van der Waals surface area (Å²) in [6.07, 6.45) is 1.67. The van der Waals surface area contributed by atoms with Gasteiger partial charge in [-0.1, -0.05) is 66.7 Å². The number of benzene rings is 3. The maximum atomic E-state index is 13.8. The number of carbonyl (C=O) groups excluding carboxylic acids is 2. The van der Waals surface area contributed by atoms with Crippen LogP contribution in [0.2, 0.25) is 0 Å². The predicted molar refractivity (Wildman–Crippen MR) is 143 cm³/mol. The van der Waals surface area contributed by atoms with Crippen molar-refractivity contribution in [1.29, 1.82) is 0 Å². The lowest BCUT2D eigenvalue weighted by atomic mass is 9.55. The van der Waals surface area contributed by atoms with E-state index in [0.29, 0.717) is 0 Å². The molecule has 37 heavy (non-hydrogen) atoms. The summed E-state index contributed by atoms with van der Waals surface area (Å²) in [4.78, 5) is 27.6. The SMILES string of the molecule is Cc1ccccc1-n1c(C)cc(/C=N\N2C(=O)[C@H]3C4c5ccccc5C(c5ccccc54)[C@@H]3C2=O)c1C. The van der Waals surface area contributed by atoms with Crippen LogP contribution in [-0.2, 0) is 9.59 Å². The van der Waals surface area contributed by atoms with Gasteiger partial charge in [0, 0.05) is 34.5 Å². The number of para-hydroxylation sites is 1. The predicted octanol–water partition coefficient (Wildman–Crippen LogP) is 5.63. The minimum atomic E-state index is -0.418. The fourth-order valence-electron chi connectivity index (χ4n) is 7.00. The lowest BCUT2D eigenvalue weighted by molar-refractivity contribution is -0.139. The first kappa shape index (κ1) is 22.0. The third-order valence-corrected chi connectivity index (χ3v) is 8.56. The molecular weight excluding hydrogens is 458 g/mol. The molecule has 4 aliphatic rings. The second-order valence-corrected chi connectivity index (χ2v) is 10.4. The molecule has 5 nitrogen and oxygen atoms in total. The Hall–Kier alpha value is -4.25. The van der Waals surface area contributed by atoms with Gasteiger partial charge < -0.3 is 4.57 Å². The third kappa shape index (κ3) is 2.94. The topological polar surface area (TPSA) is 54.7 Å². The molecule has 1 aliphatic heterocycles. The Morgan fingerprint density at radius 3 is 1.70 bits per heavy atom. The Morgan fingerprint density at radius 1 is 0.703 bits per heavy atom. The Bertz CT molecular complexity index is 1530. The van der Waals surface area contributed by atoms with Crippen molar-refractivity contribution >= 4 is 18.0 Å². The fraction of sp³-hybridized carbons (Fsp3) is 0.219. The van der Waals surface area contributed by atoms with Crippen LogP contribution in [0.3, 0.4) is 0 Å². The molecule has 1 saturated heterocycles. The third-order valence-electron chi connectivity index (χ3n) is 8.56. The normalized spacial score (nSPS) is 23.5. The van der Waals surface area contributed by atoms with Crippen molar-refractivity contribution in [2.24, 2.45) is 16.9 Å². The standard InChI is InChI=1S/C32H27N3O2/c1-18-10-4-9-15-26(18)34-19(2)16-21(20(34)3)17-33-35-31(36)29-27-22-11-5-6-12-23(22)28(30(29)32(35)37)25-14-8-7-13-24(25)27/h4-17,27-30H,1-3H3/b33-17-/t27?,28?,29-,30-/m0/s1. The van der Waals surface area contributed by atoms with E-state index in [-0.39, 0.29) is 23.7 Å². The largest absolute Gasteiger partial charge is 0.318 e. The van der Waals surface area contributed by atoms with E-state index in [2.05, 4.69) is 66.0 Å². The van der Waals surface area contributed by atoms with E-state index in [4.69, 9.17) is 0 Å². The van der Waals surface area contributed by atoms with Crippen molar-refractivity contribution in [1.82, 2.24) is 9.58 Å². The maximum Gasteiger partial charge on any atom is 0.254 e. The molecule has 3 aliphatic carbocycles. The summed E-state index contributed by atoms with van der Waals surface area (Å²) in [6, 6.07) is 26.9. The van der Waals surface area contributed by atoms with Gasteiger partial charge in [0.15, 0.2) is 0 Å². The van der Waals surface area contributed by atoms with Crippen molar-refractivity contribution in [2.75, 3.05) is 0 Å². The highest BCUT2D eigenvalue weighted by molar-refractivity contribution is 6.08. The van der Waals surface area contributed by atoms with E-state index < -0.39 is 11.8 Å². The second kappa shape index (κ2) is 7.87. The molecule has 4 aromatic rings. The van der Waals surface area contributed by atoms with E-state index >= 15 is 0 Å². The summed E-state index contributed by atoms with van der Waals surface area (Å²) in [6.45, 7) is 6.20. The number of nitrogens with zero attached hydrogens (tertiary/aromatic N) is 3. The molecule has 2 atom stereocenters. The summed E-state index contributed by atoms with van der Waals surface area (Å²) in [7, 11) is 0. The number of aromatic nitrogens is 1. The molecule has 1 fully saturated rings. The average molecular weight is 486 g/mol. The van der Waals surface area contributed by atoms with Gasteiger partial charge in [0.1, 0.15) is 0 Å². The van der Waals surface area contributed by atoms with Crippen molar-refractivity contribution in [3.63, 3.8) is 0 Å². The van der Waals surface area contributed by atoms with Crippen LogP contribution >= 0.6 is 0 Å². The van der Waals surface area contributed by atoms with Crippen LogP contribution in [0.1, 0.15) is 56.6 Å².